The Hall–Kier alpha value is -1.99. The van der Waals surface area contributed by atoms with Crippen LogP contribution < -0.4 is 15.4 Å². The van der Waals surface area contributed by atoms with Gasteiger partial charge in [0.25, 0.3) is 5.91 Å². The molecule has 7 nitrogen and oxygen atoms in total. The Morgan fingerprint density at radius 3 is 2.57 bits per heavy atom. The highest BCUT2D eigenvalue weighted by Gasteiger charge is 2.20. The maximum atomic E-state index is 12.2. The molecule has 1 atom stereocenters. The fraction of sp³-hybridized carbons (Fsp3) is 0.467. The van der Waals surface area contributed by atoms with Crippen LogP contribution in [-0.2, 0) is 0 Å². The summed E-state index contributed by atoms with van der Waals surface area (Å²) in [6, 6.07) is 2.31. The number of benzene rings is 1. The minimum Gasteiger partial charge on any atom is -0.494 e. The lowest BCUT2D eigenvalue weighted by molar-refractivity contribution is 0.0824. The molecule has 0 aliphatic carbocycles. The number of nitrogens with zero attached hydrogens (tertiary/aromatic N) is 1. The SMILES string of the molecule is COc1c(NC(=O)N[C@@H](C)CCO)cc(Cl)cc1C(=O)N(C)C. The van der Waals surface area contributed by atoms with Crippen molar-refractivity contribution in [2.75, 3.05) is 33.1 Å². The van der Waals surface area contributed by atoms with Crippen molar-refractivity contribution in [3.05, 3.63) is 22.7 Å². The van der Waals surface area contributed by atoms with Gasteiger partial charge in [-0.2, -0.15) is 0 Å². The molecule has 1 aromatic rings. The molecule has 0 aromatic heterocycles. The number of nitrogens with one attached hydrogen (secondary N) is 2. The first-order chi connectivity index (χ1) is 10.8. The first-order valence-corrected chi connectivity index (χ1v) is 7.45. The number of ether oxygens (including phenoxy) is 1. The highest BCUT2D eigenvalue weighted by molar-refractivity contribution is 6.31. The molecule has 0 bridgehead atoms. The van der Waals surface area contributed by atoms with Gasteiger partial charge in [0.2, 0.25) is 0 Å². The van der Waals surface area contributed by atoms with Gasteiger partial charge in [-0.05, 0) is 25.5 Å². The van der Waals surface area contributed by atoms with Gasteiger partial charge in [0.05, 0.1) is 18.4 Å². The number of urea groups is 1. The van der Waals surface area contributed by atoms with Gasteiger partial charge in [-0.3, -0.25) is 4.79 Å². The zero-order valence-corrected chi connectivity index (χ0v) is 14.4. The molecule has 8 heteroatoms. The van der Waals surface area contributed by atoms with Crippen molar-refractivity contribution >= 4 is 29.2 Å². The standard InChI is InChI=1S/C15H22ClN3O4/c1-9(5-6-20)17-15(22)18-12-8-10(16)7-11(13(12)23-4)14(21)19(2)3/h7-9,20H,5-6H2,1-4H3,(H2,17,18,22)/t9-/m0/s1. The molecule has 0 spiro atoms. The number of hydrogen-bond donors (Lipinski definition) is 3. The van der Waals surface area contributed by atoms with Gasteiger partial charge in [0, 0.05) is 31.8 Å². The number of rotatable bonds is 6. The first kappa shape index (κ1) is 19.1. The van der Waals surface area contributed by atoms with Crippen LogP contribution in [0.25, 0.3) is 0 Å². The summed E-state index contributed by atoms with van der Waals surface area (Å²) in [6.45, 7) is 1.75. The van der Waals surface area contributed by atoms with Gasteiger partial charge in [0.15, 0.2) is 5.75 Å². The van der Waals surface area contributed by atoms with Crippen molar-refractivity contribution in [3.8, 4) is 5.75 Å². The third kappa shape index (κ3) is 5.30. The van der Waals surface area contributed by atoms with Crippen molar-refractivity contribution in [2.45, 2.75) is 19.4 Å². The lowest BCUT2D eigenvalue weighted by Gasteiger charge is -2.18. The third-order valence-corrected chi connectivity index (χ3v) is 3.30. The Balaban J connectivity index is 3.06. The van der Waals surface area contributed by atoms with Crippen molar-refractivity contribution in [2.24, 2.45) is 0 Å². The molecule has 128 valence electrons. The van der Waals surface area contributed by atoms with Crippen LogP contribution in [0, 0.1) is 0 Å². The summed E-state index contributed by atoms with van der Waals surface area (Å²) < 4.78 is 5.27. The van der Waals surface area contributed by atoms with E-state index in [0.29, 0.717) is 17.1 Å². The number of methoxy groups -OCH3 is 1. The van der Waals surface area contributed by atoms with Crippen LogP contribution in [-0.4, -0.2) is 55.8 Å². The first-order valence-electron chi connectivity index (χ1n) is 7.07. The second-order valence-corrected chi connectivity index (χ2v) is 5.68. The molecule has 0 aliphatic rings. The lowest BCUT2D eigenvalue weighted by Crippen LogP contribution is -2.36. The predicted molar refractivity (Wildman–Crippen MR) is 89.3 cm³/mol. The third-order valence-electron chi connectivity index (χ3n) is 3.08. The smallest absolute Gasteiger partial charge is 0.319 e. The average Bonchev–Trinajstić information content (AvgIpc) is 2.45. The number of halogens is 1. The van der Waals surface area contributed by atoms with E-state index in [0.717, 1.165) is 0 Å². The van der Waals surface area contributed by atoms with Crippen molar-refractivity contribution in [3.63, 3.8) is 0 Å². The van der Waals surface area contributed by atoms with Gasteiger partial charge in [0.1, 0.15) is 0 Å². The van der Waals surface area contributed by atoms with Crippen molar-refractivity contribution in [1.29, 1.82) is 0 Å². The molecule has 3 amide bonds. The van der Waals surface area contributed by atoms with E-state index in [2.05, 4.69) is 10.6 Å². The fourth-order valence-corrected chi connectivity index (χ4v) is 2.17. The van der Waals surface area contributed by atoms with Gasteiger partial charge >= 0.3 is 6.03 Å². The van der Waals surface area contributed by atoms with Crippen LogP contribution in [0.1, 0.15) is 23.7 Å². The molecule has 1 rings (SSSR count). The number of amides is 3. The Morgan fingerprint density at radius 1 is 1.39 bits per heavy atom. The molecule has 23 heavy (non-hydrogen) atoms. The minimum atomic E-state index is -0.477. The molecule has 0 radical (unpaired) electrons. The average molecular weight is 344 g/mol. The van der Waals surface area contributed by atoms with Crippen molar-refractivity contribution in [1.82, 2.24) is 10.2 Å². The highest BCUT2D eigenvalue weighted by atomic mass is 35.5. The van der Waals surface area contributed by atoms with Crippen LogP contribution in [0.2, 0.25) is 5.02 Å². The molecule has 3 N–H and O–H groups in total. The van der Waals surface area contributed by atoms with E-state index in [1.54, 1.807) is 21.0 Å². The van der Waals surface area contributed by atoms with Crippen LogP contribution in [0.3, 0.4) is 0 Å². The lowest BCUT2D eigenvalue weighted by atomic mass is 10.1. The molecular weight excluding hydrogens is 322 g/mol. The second kappa shape index (κ2) is 8.59. The summed E-state index contributed by atoms with van der Waals surface area (Å²) in [7, 11) is 4.63. The Morgan fingerprint density at radius 2 is 2.04 bits per heavy atom. The van der Waals surface area contributed by atoms with Crippen molar-refractivity contribution < 1.29 is 19.4 Å². The number of aliphatic hydroxyl groups excluding tert-OH is 1. The predicted octanol–water partition coefficient (Wildman–Crippen LogP) is 1.94. The maximum Gasteiger partial charge on any atom is 0.319 e. The van der Waals surface area contributed by atoms with Crippen LogP contribution >= 0.6 is 11.6 Å². The summed E-state index contributed by atoms with van der Waals surface area (Å²) in [5, 5.41) is 14.4. The van der Waals surface area contributed by atoms with Gasteiger partial charge in [-0.15, -0.1) is 0 Å². The van der Waals surface area contributed by atoms with E-state index in [1.807, 2.05) is 0 Å². The summed E-state index contributed by atoms with van der Waals surface area (Å²) in [5.74, 6) is -0.0560. The van der Waals surface area contributed by atoms with Gasteiger partial charge in [-0.1, -0.05) is 11.6 Å². The molecule has 1 aromatic carbocycles. The Bertz CT molecular complexity index is 578. The highest BCUT2D eigenvalue weighted by Crippen LogP contribution is 2.33. The zero-order chi connectivity index (χ0) is 17.6. The van der Waals surface area contributed by atoms with Crippen LogP contribution in [0.15, 0.2) is 12.1 Å². The zero-order valence-electron chi connectivity index (χ0n) is 13.6. The molecule has 0 heterocycles. The Labute approximate surface area is 140 Å². The van der Waals surface area contributed by atoms with Crippen LogP contribution in [0.5, 0.6) is 5.75 Å². The molecule has 0 aliphatic heterocycles. The molecular formula is C15H22ClN3O4. The summed E-state index contributed by atoms with van der Waals surface area (Å²) in [6.07, 6.45) is 0.435. The Kier molecular flexibility index (Phi) is 7.12. The van der Waals surface area contributed by atoms with E-state index in [9.17, 15) is 9.59 Å². The quantitative estimate of drug-likeness (QED) is 0.736. The molecule has 0 saturated heterocycles. The maximum absolute atomic E-state index is 12.2. The summed E-state index contributed by atoms with van der Waals surface area (Å²) >= 11 is 6.04. The number of hydrogen-bond acceptors (Lipinski definition) is 4. The molecule has 0 saturated carbocycles. The van der Waals surface area contributed by atoms with E-state index in [4.69, 9.17) is 21.4 Å². The molecule has 0 unspecified atom stereocenters. The van der Waals surface area contributed by atoms with Crippen LogP contribution in [0.4, 0.5) is 10.5 Å². The summed E-state index contributed by atoms with van der Waals surface area (Å²) in [4.78, 5) is 25.6. The minimum absolute atomic E-state index is 0.0244. The second-order valence-electron chi connectivity index (χ2n) is 5.25. The summed E-state index contributed by atoms with van der Waals surface area (Å²) in [5.41, 5.74) is 0.544. The van der Waals surface area contributed by atoms with E-state index >= 15 is 0 Å². The monoisotopic (exact) mass is 343 g/mol. The topological polar surface area (TPSA) is 90.9 Å². The number of carbonyl (C=O) groups excluding carboxylic acids is 2. The largest absolute Gasteiger partial charge is 0.494 e. The van der Waals surface area contributed by atoms with E-state index in [1.165, 1.54) is 24.1 Å². The number of carbonyl (C=O) groups is 2. The number of anilines is 1. The normalized spacial score (nSPS) is 11.6. The van der Waals surface area contributed by atoms with E-state index < -0.39 is 6.03 Å². The number of aliphatic hydroxyl groups is 1. The van der Waals surface area contributed by atoms with E-state index in [-0.39, 0.29) is 29.9 Å². The molecule has 0 fully saturated rings. The van der Waals surface area contributed by atoms with Gasteiger partial charge in [-0.25, -0.2) is 4.79 Å². The fourth-order valence-electron chi connectivity index (χ4n) is 1.95. The van der Waals surface area contributed by atoms with Gasteiger partial charge < -0.3 is 25.4 Å².